The molecular formula is C22H43N2O+. The maximum absolute atomic E-state index is 10.2. The summed E-state index contributed by atoms with van der Waals surface area (Å²) in [6, 6.07) is 0. The minimum absolute atomic E-state index is 0.316. The fourth-order valence-electron chi connectivity index (χ4n) is 4.00. The van der Waals surface area contributed by atoms with Crippen LogP contribution in [0.3, 0.4) is 0 Å². The monoisotopic (exact) mass is 351 g/mol. The van der Waals surface area contributed by atoms with E-state index in [2.05, 4.69) is 26.0 Å². The lowest BCUT2D eigenvalue weighted by molar-refractivity contribution is -0.882. The number of nitrogens with zero attached hydrogens (tertiary/aromatic N) is 2. The molecule has 0 saturated heterocycles. The Hall–Kier alpha value is -0.670. The average Bonchev–Trinajstić information content (AvgIpc) is 3.03. The number of unbranched alkanes of at least 4 members (excludes halogenated alkanes) is 9. The number of rotatable bonds is 15. The molecule has 2 unspecified atom stereocenters. The minimum Gasteiger partial charge on any atom is -0.345 e. The SMILES string of the molecule is CC/C=C/CCCCCCCCCCCC1=NCC[N+]1(CC)C(C)O. The number of aliphatic hydroxyl groups is 1. The second kappa shape index (κ2) is 13.5. The standard InChI is InChI=1S/C22H43N2O/c1-4-6-7-8-9-10-11-12-13-14-15-16-17-18-22-23-19-20-24(22,5-2)21(3)25/h6-7,21,25H,4-5,8-20H2,1-3H3/q+1/b7-6+. The third-order valence-corrected chi connectivity index (χ3v) is 5.76. The van der Waals surface area contributed by atoms with Gasteiger partial charge in [-0.15, -0.1) is 0 Å². The van der Waals surface area contributed by atoms with Crippen LogP contribution < -0.4 is 0 Å². The van der Waals surface area contributed by atoms with Gasteiger partial charge >= 0.3 is 0 Å². The van der Waals surface area contributed by atoms with E-state index < -0.39 is 0 Å². The molecule has 1 N–H and O–H groups in total. The van der Waals surface area contributed by atoms with Crippen LogP contribution in [0.25, 0.3) is 0 Å². The van der Waals surface area contributed by atoms with Crippen LogP contribution in [-0.2, 0) is 0 Å². The minimum atomic E-state index is -0.316. The zero-order valence-corrected chi connectivity index (χ0v) is 17.2. The van der Waals surface area contributed by atoms with Gasteiger partial charge < -0.3 is 5.11 Å². The van der Waals surface area contributed by atoms with Crippen LogP contribution in [-0.4, -0.2) is 41.3 Å². The summed E-state index contributed by atoms with van der Waals surface area (Å²) in [6.07, 6.45) is 20.0. The number of quaternary nitrogens is 1. The molecule has 0 fully saturated rings. The summed E-state index contributed by atoms with van der Waals surface area (Å²) >= 11 is 0. The number of allylic oxidation sites excluding steroid dienone is 2. The molecule has 3 heteroatoms. The van der Waals surface area contributed by atoms with Crippen molar-refractivity contribution >= 4 is 5.84 Å². The van der Waals surface area contributed by atoms with Crippen molar-refractivity contribution in [3.05, 3.63) is 12.2 Å². The molecule has 0 radical (unpaired) electrons. The number of hydrogen-bond acceptors (Lipinski definition) is 2. The fourth-order valence-corrected chi connectivity index (χ4v) is 4.00. The van der Waals surface area contributed by atoms with Crippen LogP contribution in [0.5, 0.6) is 0 Å². The first-order chi connectivity index (χ1) is 12.2. The maximum Gasteiger partial charge on any atom is 0.200 e. The molecule has 1 heterocycles. The third kappa shape index (κ3) is 8.04. The number of likely N-dealkylation sites (N-methyl/N-ethyl adjacent to an activating group) is 1. The molecule has 0 saturated carbocycles. The van der Waals surface area contributed by atoms with Crippen LogP contribution in [0.1, 0.15) is 97.8 Å². The Morgan fingerprint density at radius 3 is 2.12 bits per heavy atom. The Kier molecular flexibility index (Phi) is 12.1. The first-order valence-electron chi connectivity index (χ1n) is 10.9. The van der Waals surface area contributed by atoms with Gasteiger partial charge in [-0.25, -0.2) is 4.99 Å². The molecule has 0 amide bonds. The van der Waals surface area contributed by atoms with E-state index in [0.717, 1.165) is 26.1 Å². The zero-order valence-electron chi connectivity index (χ0n) is 17.2. The highest BCUT2D eigenvalue weighted by atomic mass is 16.3. The molecule has 1 aliphatic heterocycles. The molecular weight excluding hydrogens is 308 g/mol. The lowest BCUT2D eigenvalue weighted by Gasteiger charge is -2.36. The van der Waals surface area contributed by atoms with Crippen molar-refractivity contribution in [3.63, 3.8) is 0 Å². The second-order valence-electron chi connectivity index (χ2n) is 7.60. The summed E-state index contributed by atoms with van der Waals surface area (Å²) < 4.78 is 0.716. The summed E-state index contributed by atoms with van der Waals surface area (Å²) in [5.74, 6) is 1.25. The lowest BCUT2D eigenvalue weighted by Crippen LogP contribution is -2.56. The molecule has 0 aliphatic carbocycles. The number of amidine groups is 1. The van der Waals surface area contributed by atoms with E-state index in [1.807, 2.05) is 6.92 Å². The Balaban J connectivity index is 1.98. The smallest absolute Gasteiger partial charge is 0.200 e. The van der Waals surface area contributed by atoms with Crippen molar-refractivity contribution in [2.75, 3.05) is 19.6 Å². The van der Waals surface area contributed by atoms with E-state index in [4.69, 9.17) is 4.99 Å². The van der Waals surface area contributed by atoms with Gasteiger partial charge in [-0.2, -0.15) is 0 Å². The first kappa shape index (κ1) is 22.4. The molecule has 0 bridgehead atoms. The Morgan fingerprint density at radius 1 is 0.960 bits per heavy atom. The van der Waals surface area contributed by atoms with Crippen LogP contribution >= 0.6 is 0 Å². The highest BCUT2D eigenvalue weighted by Crippen LogP contribution is 2.23. The third-order valence-electron chi connectivity index (χ3n) is 5.76. The van der Waals surface area contributed by atoms with Crippen LogP contribution in [0.15, 0.2) is 17.1 Å². The number of aliphatic imine (C=N–C) groups is 1. The van der Waals surface area contributed by atoms with Crippen LogP contribution in [0, 0.1) is 0 Å². The zero-order chi connectivity index (χ0) is 18.4. The Bertz CT molecular complexity index is 389. The molecule has 0 spiro atoms. The van der Waals surface area contributed by atoms with Crippen molar-refractivity contribution in [2.45, 2.75) is 104 Å². The van der Waals surface area contributed by atoms with E-state index >= 15 is 0 Å². The van der Waals surface area contributed by atoms with E-state index in [0.29, 0.717) is 4.48 Å². The molecule has 0 aromatic heterocycles. The Morgan fingerprint density at radius 2 is 1.56 bits per heavy atom. The van der Waals surface area contributed by atoms with E-state index in [9.17, 15) is 5.11 Å². The predicted octanol–water partition coefficient (Wildman–Crippen LogP) is 5.83. The lowest BCUT2D eigenvalue weighted by atomic mass is 10.0. The highest BCUT2D eigenvalue weighted by molar-refractivity contribution is 5.76. The Labute approximate surface area is 156 Å². The molecule has 1 aliphatic rings. The van der Waals surface area contributed by atoms with Crippen molar-refractivity contribution < 1.29 is 9.59 Å². The first-order valence-corrected chi connectivity index (χ1v) is 10.9. The quantitative estimate of drug-likeness (QED) is 0.225. The summed E-state index contributed by atoms with van der Waals surface area (Å²) in [5, 5.41) is 10.2. The normalized spacial score (nSPS) is 21.8. The van der Waals surface area contributed by atoms with Gasteiger partial charge in [-0.3, -0.25) is 4.48 Å². The van der Waals surface area contributed by atoms with Crippen molar-refractivity contribution in [1.29, 1.82) is 0 Å². The fraction of sp³-hybridized carbons (Fsp3) is 0.864. The van der Waals surface area contributed by atoms with Gasteiger partial charge in [-0.1, -0.05) is 64.0 Å². The topological polar surface area (TPSA) is 32.6 Å². The van der Waals surface area contributed by atoms with E-state index in [1.54, 1.807) is 0 Å². The molecule has 25 heavy (non-hydrogen) atoms. The van der Waals surface area contributed by atoms with Crippen molar-refractivity contribution in [1.82, 2.24) is 0 Å². The molecule has 1 rings (SSSR count). The van der Waals surface area contributed by atoms with Crippen molar-refractivity contribution in [3.8, 4) is 0 Å². The maximum atomic E-state index is 10.2. The molecule has 0 aromatic carbocycles. The molecule has 3 nitrogen and oxygen atoms in total. The second-order valence-corrected chi connectivity index (χ2v) is 7.60. The predicted molar refractivity (Wildman–Crippen MR) is 110 cm³/mol. The number of aliphatic hydroxyl groups excluding tert-OH is 1. The highest BCUT2D eigenvalue weighted by Gasteiger charge is 2.40. The summed E-state index contributed by atoms with van der Waals surface area (Å²) in [5.41, 5.74) is 0. The van der Waals surface area contributed by atoms with Gasteiger partial charge in [0.05, 0.1) is 13.1 Å². The van der Waals surface area contributed by atoms with Gasteiger partial charge in [-0.05, 0) is 32.6 Å². The van der Waals surface area contributed by atoms with Crippen molar-refractivity contribution in [2.24, 2.45) is 4.99 Å². The van der Waals surface area contributed by atoms with Gasteiger partial charge in [0.15, 0.2) is 6.23 Å². The summed E-state index contributed by atoms with van der Waals surface area (Å²) in [7, 11) is 0. The molecule has 2 atom stereocenters. The van der Waals surface area contributed by atoms with Crippen LogP contribution in [0.2, 0.25) is 0 Å². The van der Waals surface area contributed by atoms with Gasteiger partial charge in [0.2, 0.25) is 5.84 Å². The molecule has 146 valence electrons. The van der Waals surface area contributed by atoms with Gasteiger partial charge in [0.25, 0.3) is 0 Å². The largest absolute Gasteiger partial charge is 0.345 e. The van der Waals surface area contributed by atoms with Crippen LogP contribution in [0.4, 0.5) is 0 Å². The average molecular weight is 352 g/mol. The van der Waals surface area contributed by atoms with Gasteiger partial charge in [0, 0.05) is 13.3 Å². The van der Waals surface area contributed by atoms with E-state index in [1.165, 1.54) is 76.5 Å². The summed E-state index contributed by atoms with van der Waals surface area (Å²) in [6.45, 7) is 9.13. The summed E-state index contributed by atoms with van der Waals surface area (Å²) in [4.78, 5) is 4.70. The number of hydrogen-bond donors (Lipinski definition) is 1. The van der Waals surface area contributed by atoms with E-state index in [-0.39, 0.29) is 6.23 Å². The molecule has 0 aromatic rings. The van der Waals surface area contributed by atoms with Gasteiger partial charge in [0.1, 0.15) is 6.54 Å².